The van der Waals surface area contributed by atoms with Crippen molar-refractivity contribution < 1.29 is 52.2 Å². The molecule has 0 radical (unpaired) electrons. The number of fused-ring (bicyclic) bond motifs is 1. The molecule has 4 N–H and O–H groups in total. The van der Waals surface area contributed by atoms with Gasteiger partial charge in [-0.05, 0) is 60.5 Å². The van der Waals surface area contributed by atoms with E-state index in [0.29, 0.717) is 5.56 Å². The van der Waals surface area contributed by atoms with Crippen LogP contribution in [0.2, 0.25) is 0 Å². The molecule has 1 aliphatic heterocycles. The topological polar surface area (TPSA) is 218 Å². The molecule has 2 aromatic carbocycles. The molecule has 4 aromatic rings. The first kappa shape index (κ1) is 34.6. The molecular formula is C34H31N5O11. The van der Waals surface area contributed by atoms with Crippen LogP contribution in [0, 0.1) is 0 Å². The van der Waals surface area contributed by atoms with Gasteiger partial charge in [0, 0.05) is 18.7 Å². The van der Waals surface area contributed by atoms with Gasteiger partial charge in [-0.3, -0.25) is 24.0 Å². The lowest BCUT2D eigenvalue weighted by molar-refractivity contribution is -0.137. The smallest absolute Gasteiger partial charge is 0.407 e. The maximum absolute atomic E-state index is 14.1. The molecule has 2 aromatic heterocycles. The molecule has 50 heavy (non-hydrogen) atoms. The molecule has 3 heterocycles. The SMILES string of the molecule is O=C(O)CCCNC(=O)OCc1cccc(NC(=O)NC2C(=O)N(CC(=O)c3ccco3)c3ccccc3N(CC(=O)c3ccco3)C2=O)c1. The summed E-state index contributed by atoms with van der Waals surface area (Å²) in [7, 11) is 0. The number of hydrogen-bond donors (Lipinski definition) is 4. The van der Waals surface area contributed by atoms with Crippen LogP contribution >= 0.6 is 0 Å². The van der Waals surface area contributed by atoms with Crippen molar-refractivity contribution in [2.75, 3.05) is 34.8 Å². The second-order valence-corrected chi connectivity index (χ2v) is 10.9. The monoisotopic (exact) mass is 685 g/mol. The van der Waals surface area contributed by atoms with Crippen molar-refractivity contribution in [3.63, 3.8) is 0 Å². The summed E-state index contributed by atoms with van der Waals surface area (Å²) in [5, 5.41) is 16.1. The van der Waals surface area contributed by atoms with E-state index in [9.17, 15) is 33.6 Å². The molecule has 5 amide bonds. The van der Waals surface area contributed by atoms with Gasteiger partial charge in [-0.25, -0.2) is 9.59 Å². The molecule has 258 valence electrons. The lowest BCUT2D eigenvalue weighted by atomic mass is 10.2. The number of urea groups is 1. The first-order chi connectivity index (χ1) is 24.1. The number of carbonyl (C=O) groups is 7. The minimum Gasteiger partial charge on any atom is -0.481 e. The third kappa shape index (κ3) is 8.60. The lowest BCUT2D eigenvalue weighted by Gasteiger charge is -2.24. The maximum Gasteiger partial charge on any atom is 0.407 e. The Bertz CT molecular complexity index is 1800. The van der Waals surface area contributed by atoms with E-state index in [0.717, 1.165) is 9.80 Å². The highest BCUT2D eigenvalue weighted by molar-refractivity contribution is 6.24. The molecule has 16 nitrogen and oxygen atoms in total. The first-order valence-corrected chi connectivity index (χ1v) is 15.2. The van der Waals surface area contributed by atoms with Gasteiger partial charge in [0.15, 0.2) is 17.6 Å². The number of alkyl carbamates (subject to hydrolysis) is 1. The largest absolute Gasteiger partial charge is 0.481 e. The number of ketones is 2. The minimum absolute atomic E-state index is 0.0301. The highest BCUT2D eigenvalue weighted by atomic mass is 16.5. The van der Waals surface area contributed by atoms with E-state index in [4.69, 9.17) is 18.7 Å². The van der Waals surface area contributed by atoms with E-state index < -0.39 is 60.6 Å². The van der Waals surface area contributed by atoms with Gasteiger partial charge < -0.3 is 44.4 Å². The predicted octanol–water partition coefficient (Wildman–Crippen LogP) is 3.60. The molecule has 0 fully saturated rings. The Hall–Kier alpha value is -6.71. The second-order valence-electron chi connectivity index (χ2n) is 10.9. The number of nitrogens with zero attached hydrogens (tertiary/aromatic N) is 2. The highest BCUT2D eigenvalue weighted by Crippen LogP contribution is 2.34. The summed E-state index contributed by atoms with van der Waals surface area (Å²) in [6.07, 6.45) is 1.96. The summed E-state index contributed by atoms with van der Waals surface area (Å²) < 4.78 is 15.5. The summed E-state index contributed by atoms with van der Waals surface area (Å²) in [6, 6.07) is 15.4. The van der Waals surface area contributed by atoms with Crippen LogP contribution in [0.25, 0.3) is 0 Å². The fourth-order valence-electron chi connectivity index (χ4n) is 5.01. The Morgan fingerprint density at radius 3 is 1.92 bits per heavy atom. The van der Waals surface area contributed by atoms with E-state index in [2.05, 4.69) is 16.0 Å². The molecule has 0 bridgehead atoms. The Labute approximate surface area is 284 Å². The van der Waals surface area contributed by atoms with E-state index in [1.165, 1.54) is 61.1 Å². The molecule has 0 spiro atoms. The van der Waals surface area contributed by atoms with Gasteiger partial charge in [0.05, 0.1) is 37.0 Å². The maximum atomic E-state index is 14.1. The summed E-state index contributed by atoms with van der Waals surface area (Å²) in [4.78, 5) is 92.3. The number of para-hydroxylation sites is 2. The number of carbonyl (C=O) groups excluding carboxylic acids is 6. The van der Waals surface area contributed by atoms with E-state index in [1.54, 1.807) is 24.3 Å². The number of anilines is 3. The van der Waals surface area contributed by atoms with E-state index >= 15 is 0 Å². The van der Waals surface area contributed by atoms with Crippen LogP contribution in [-0.4, -0.2) is 72.3 Å². The molecule has 1 aliphatic rings. The van der Waals surface area contributed by atoms with Crippen molar-refractivity contribution in [3.8, 4) is 0 Å². The third-order valence-corrected chi connectivity index (χ3v) is 7.35. The molecule has 0 unspecified atom stereocenters. The predicted molar refractivity (Wildman–Crippen MR) is 175 cm³/mol. The van der Waals surface area contributed by atoms with Crippen molar-refractivity contribution in [1.82, 2.24) is 10.6 Å². The molecule has 0 atom stereocenters. The lowest BCUT2D eigenvalue weighted by Crippen LogP contribution is -2.57. The third-order valence-electron chi connectivity index (χ3n) is 7.35. The Morgan fingerprint density at radius 1 is 0.780 bits per heavy atom. The van der Waals surface area contributed by atoms with Gasteiger partial charge >= 0.3 is 18.1 Å². The van der Waals surface area contributed by atoms with Gasteiger partial charge in [0.2, 0.25) is 11.6 Å². The van der Waals surface area contributed by atoms with Crippen LogP contribution in [0.4, 0.5) is 26.7 Å². The van der Waals surface area contributed by atoms with Crippen molar-refractivity contribution in [3.05, 3.63) is 102 Å². The summed E-state index contributed by atoms with van der Waals surface area (Å²) in [5.74, 6) is -4.09. The van der Waals surface area contributed by atoms with Gasteiger partial charge in [0.25, 0.3) is 11.8 Å². The number of carboxylic acid groups (broad SMARTS) is 1. The number of nitrogens with one attached hydrogen (secondary N) is 3. The highest BCUT2D eigenvalue weighted by Gasteiger charge is 2.42. The van der Waals surface area contributed by atoms with Gasteiger partial charge in [0.1, 0.15) is 6.61 Å². The van der Waals surface area contributed by atoms with Crippen LogP contribution in [0.5, 0.6) is 0 Å². The Morgan fingerprint density at radius 2 is 1.38 bits per heavy atom. The number of rotatable bonds is 14. The zero-order chi connectivity index (χ0) is 35.6. The van der Waals surface area contributed by atoms with Crippen LogP contribution in [0.15, 0.2) is 94.2 Å². The fraction of sp³-hybridized carbons (Fsp3) is 0.206. The second kappa shape index (κ2) is 15.9. The number of Topliss-reactive ketones (excluding diaryl/α,β-unsaturated/α-hetero) is 2. The fourth-order valence-corrected chi connectivity index (χ4v) is 5.01. The number of furan rings is 2. The Kier molecular flexibility index (Phi) is 11.0. The van der Waals surface area contributed by atoms with Crippen molar-refractivity contribution in [2.45, 2.75) is 25.5 Å². The average Bonchev–Trinajstić information content (AvgIpc) is 3.84. The van der Waals surface area contributed by atoms with Crippen molar-refractivity contribution in [1.29, 1.82) is 0 Å². The summed E-state index contributed by atoms with van der Waals surface area (Å²) in [5.41, 5.74) is 0.977. The van der Waals surface area contributed by atoms with Gasteiger partial charge in [-0.15, -0.1) is 0 Å². The van der Waals surface area contributed by atoms with Crippen LogP contribution in [0.1, 0.15) is 39.5 Å². The molecule has 5 rings (SSSR count). The average molecular weight is 686 g/mol. The van der Waals surface area contributed by atoms with E-state index in [-0.39, 0.29) is 54.6 Å². The van der Waals surface area contributed by atoms with Crippen LogP contribution < -0.4 is 25.8 Å². The molecule has 0 saturated carbocycles. The zero-order valence-electron chi connectivity index (χ0n) is 26.3. The quantitative estimate of drug-likeness (QED) is 0.0854. The molecule has 16 heteroatoms. The van der Waals surface area contributed by atoms with Gasteiger partial charge in [-0.1, -0.05) is 24.3 Å². The summed E-state index contributed by atoms with van der Waals surface area (Å²) >= 11 is 0. The van der Waals surface area contributed by atoms with Gasteiger partial charge in [-0.2, -0.15) is 0 Å². The Balaban J connectivity index is 1.34. The van der Waals surface area contributed by atoms with Crippen LogP contribution in [-0.2, 0) is 25.7 Å². The standard InChI is InChI=1S/C34H31N5O11/c40-25(27-11-5-15-48-27)18-38-23-9-1-2-10-24(23)39(19-26(41)28-12-6-16-49-28)32(45)30(31(38)44)37-33(46)36-22-8-3-7-21(17-22)20-50-34(47)35-14-4-13-29(42)43/h1-3,5-12,15-17,30H,4,13-14,18-20H2,(H,35,47)(H,42,43)(H2,36,37,46). The normalized spacial score (nSPS) is 12.9. The number of aliphatic carboxylic acids is 1. The number of carboxylic acids is 1. The van der Waals surface area contributed by atoms with Crippen molar-refractivity contribution >= 4 is 58.5 Å². The minimum atomic E-state index is -1.88. The summed E-state index contributed by atoms with van der Waals surface area (Å²) in [6.45, 7) is -1.17. The number of hydrogen-bond acceptors (Lipinski definition) is 10. The number of amides is 5. The molecule has 0 aliphatic carbocycles. The number of ether oxygens (including phenoxy) is 1. The van der Waals surface area contributed by atoms with E-state index in [1.807, 2.05) is 0 Å². The number of benzene rings is 2. The first-order valence-electron chi connectivity index (χ1n) is 15.2. The molecular weight excluding hydrogens is 654 g/mol. The van der Waals surface area contributed by atoms with Crippen molar-refractivity contribution in [2.24, 2.45) is 0 Å². The zero-order valence-corrected chi connectivity index (χ0v) is 26.3. The van der Waals surface area contributed by atoms with Crippen LogP contribution in [0.3, 0.4) is 0 Å². The molecule has 0 saturated heterocycles.